The van der Waals surface area contributed by atoms with Gasteiger partial charge >= 0.3 is 0 Å². The highest BCUT2D eigenvalue weighted by Crippen LogP contribution is 2.42. The molecule has 1 aromatic heterocycles. The smallest absolute Gasteiger partial charge is 0.246 e. The number of nitrogens with one attached hydrogen (secondary N) is 1. The van der Waals surface area contributed by atoms with Gasteiger partial charge in [-0.3, -0.25) is 9.69 Å². The number of aromatic nitrogens is 2. The number of benzene rings is 2. The van der Waals surface area contributed by atoms with Crippen LogP contribution >= 0.6 is 0 Å². The highest BCUT2D eigenvalue weighted by atomic mass is 16.5. The summed E-state index contributed by atoms with van der Waals surface area (Å²) in [5, 5.41) is 3.18. The second-order valence-electron chi connectivity index (χ2n) is 9.52. The third-order valence-electron chi connectivity index (χ3n) is 7.49. The van der Waals surface area contributed by atoms with Crippen LogP contribution in [0, 0.1) is 6.92 Å². The molecule has 3 heterocycles. The Morgan fingerprint density at radius 2 is 1.76 bits per heavy atom. The van der Waals surface area contributed by atoms with Crippen LogP contribution in [-0.2, 0) is 9.53 Å². The van der Waals surface area contributed by atoms with Gasteiger partial charge in [0.25, 0.3) is 0 Å². The van der Waals surface area contributed by atoms with Crippen molar-refractivity contribution in [1.29, 1.82) is 0 Å². The summed E-state index contributed by atoms with van der Waals surface area (Å²) in [4.78, 5) is 19.8. The molecule has 33 heavy (non-hydrogen) atoms. The maximum Gasteiger partial charge on any atom is 0.246 e. The first-order valence-electron chi connectivity index (χ1n) is 12.2. The van der Waals surface area contributed by atoms with Gasteiger partial charge in [0.15, 0.2) is 0 Å². The van der Waals surface area contributed by atoms with E-state index in [4.69, 9.17) is 9.72 Å². The summed E-state index contributed by atoms with van der Waals surface area (Å²) in [6.07, 6.45) is 5.77. The predicted octanol–water partition coefficient (Wildman–Crippen LogP) is 4.41. The lowest BCUT2D eigenvalue weighted by molar-refractivity contribution is -0.125. The number of hydrogen-bond acceptors (Lipinski definition) is 4. The van der Waals surface area contributed by atoms with E-state index >= 15 is 0 Å². The van der Waals surface area contributed by atoms with Crippen molar-refractivity contribution in [2.75, 3.05) is 20.3 Å². The van der Waals surface area contributed by atoms with E-state index in [1.807, 2.05) is 18.2 Å². The number of piperidine rings is 1. The summed E-state index contributed by atoms with van der Waals surface area (Å²) in [5.41, 5.74) is 3.52. The van der Waals surface area contributed by atoms with E-state index < -0.39 is 0 Å². The molecule has 2 aliphatic rings. The van der Waals surface area contributed by atoms with Crippen LogP contribution < -0.4 is 5.32 Å². The van der Waals surface area contributed by atoms with E-state index in [0.717, 1.165) is 29.9 Å². The Labute approximate surface area is 195 Å². The van der Waals surface area contributed by atoms with Gasteiger partial charge in [-0.15, -0.1) is 0 Å². The Morgan fingerprint density at radius 3 is 2.48 bits per heavy atom. The minimum absolute atomic E-state index is 0.00538. The van der Waals surface area contributed by atoms with Gasteiger partial charge in [-0.25, -0.2) is 4.98 Å². The number of carbonyl (C=O) groups excluding carboxylic acids is 1. The summed E-state index contributed by atoms with van der Waals surface area (Å²) in [6, 6.07) is 20.5. The predicted molar refractivity (Wildman–Crippen MR) is 130 cm³/mol. The van der Waals surface area contributed by atoms with Gasteiger partial charge in [-0.05, 0) is 56.7 Å². The molecule has 5 rings (SSSR count). The fourth-order valence-electron chi connectivity index (χ4n) is 6.10. The highest BCUT2D eigenvalue weighted by molar-refractivity contribution is 5.77. The third-order valence-corrected chi connectivity index (χ3v) is 7.49. The second kappa shape index (κ2) is 9.65. The first-order chi connectivity index (χ1) is 16.1. The van der Waals surface area contributed by atoms with Gasteiger partial charge in [0.05, 0.1) is 17.1 Å². The topological polar surface area (TPSA) is 59.4 Å². The number of methoxy groups -OCH3 is 1. The largest absolute Gasteiger partial charge is 0.375 e. The molecular weight excluding hydrogens is 412 g/mol. The average molecular weight is 447 g/mol. The summed E-state index contributed by atoms with van der Waals surface area (Å²) in [6.45, 7) is 3.23. The van der Waals surface area contributed by atoms with Crippen molar-refractivity contribution in [2.24, 2.45) is 0 Å². The Morgan fingerprint density at radius 1 is 1.06 bits per heavy atom. The molecule has 0 radical (unpaired) electrons. The zero-order chi connectivity index (χ0) is 22.8. The highest BCUT2D eigenvalue weighted by Gasteiger charge is 2.41. The number of nitrogens with zero attached hydrogens (tertiary/aromatic N) is 3. The van der Waals surface area contributed by atoms with E-state index in [0.29, 0.717) is 18.1 Å². The van der Waals surface area contributed by atoms with E-state index in [2.05, 4.69) is 58.1 Å². The van der Waals surface area contributed by atoms with Crippen LogP contribution in [0.2, 0.25) is 0 Å². The van der Waals surface area contributed by atoms with Crippen molar-refractivity contribution < 1.29 is 9.53 Å². The minimum atomic E-state index is -0.0597. The van der Waals surface area contributed by atoms with Crippen LogP contribution in [-0.4, -0.2) is 52.7 Å². The molecule has 1 amide bonds. The lowest BCUT2D eigenvalue weighted by Gasteiger charge is -2.40. The van der Waals surface area contributed by atoms with Crippen molar-refractivity contribution in [2.45, 2.75) is 63.2 Å². The Kier molecular flexibility index (Phi) is 6.47. The zero-order valence-corrected chi connectivity index (χ0v) is 19.6. The van der Waals surface area contributed by atoms with Crippen LogP contribution in [0.3, 0.4) is 0 Å². The Hall–Kier alpha value is -2.70. The summed E-state index contributed by atoms with van der Waals surface area (Å²) in [5.74, 6) is 1.06. The molecule has 0 spiro atoms. The molecular formula is C27H34N4O2. The van der Waals surface area contributed by atoms with Crippen LogP contribution in [0.5, 0.6) is 0 Å². The molecule has 3 aromatic rings. The summed E-state index contributed by atoms with van der Waals surface area (Å²) in [7, 11) is 1.56. The van der Waals surface area contributed by atoms with Crippen molar-refractivity contribution >= 4 is 16.9 Å². The zero-order valence-electron chi connectivity index (χ0n) is 19.6. The molecule has 2 aliphatic heterocycles. The van der Waals surface area contributed by atoms with Crippen LogP contribution in [0.4, 0.5) is 0 Å². The molecule has 174 valence electrons. The average Bonchev–Trinajstić information content (AvgIpc) is 3.28. The molecule has 2 saturated heterocycles. The summed E-state index contributed by atoms with van der Waals surface area (Å²) < 4.78 is 7.52. The Bertz CT molecular complexity index is 1080. The number of ether oxygens (including phenoxy) is 1. The normalized spacial score (nSPS) is 23.6. The van der Waals surface area contributed by atoms with E-state index in [9.17, 15) is 4.79 Å². The fourth-order valence-corrected chi connectivity index (χ4v) is 6.10. The maximum absolute atomic E-state index is 12.3. The first kappa shape index (κ1) is 22.1. The number of para-hydroxylation sites is 2. The molecule has 4 atom stereocenters. The Balaban J connectivity index is 1.28. The number of hydrogen-bond donors (Lipinski definition) is 1. The quantitative estimate of drug-likeness (QED) is 0.557. The molecule has 2 bridgehead atoms. The third kappa shape index (κ3) is 4.55. The fraction of sp³-hybridized carbons (Fsp3) is 0.481. The number of imidazole rings is 1. The molecule has 6 heteroatoms. The van der Waals surface area contributed by atoms with Gasteiger partial charge in [-0.1, -0.05) is 42.5 Å². The van der Waals surface area contributed by atoms with Crippen molar-refractivity contribution in [3.63, 3.8) is 0 Å². The standard InChI is InChI=1S/C27H34N4O2/c1-19-28-25-10-6-7-11-26(25)31(19)23-16-21-12-13-22(17-23)30(21)15-14-24(29-27(32)18-33-2)20-8-4-3-5-9-20/h3-11,21-24H,12-18H2,1-2H3,(H,29,32)/t21-,22+,23+,24-/m0/s1. The lowest BCUT2D eigenvalue weighted by Crippen LogP contribution is -2.45. The van der Waals surface area contributed by atoms with E-state index in [1.54, 1.807) is 7.11 Å². The van der Waals surface area contributed by atoms with E-state index in [1.165, 1.54) is 31.2 Å². The van der Waals surface area contributed by atoms with Crippen LogP contribution in [0.1, 0.15) is 55.6 Å². The van der Waals surface area contributed by atoms with Gasteiger partial charge in [0.1, 0.15) is 12.4 Å². The molecule has 0 unspecified atom stereocenters. The number of rotatable bonds is 8. The first-order valence-corrected chi connectivity index (χ1v) is 12.2. The number of carbonyl (C=O) groups is 1. The molecule has 6 nitrogen and oxygen atoms in total. The number of fused-ring (bicyclic) bond motifs is 3. The van der Waals surface area contributed by atoms with Crippen molar-refractivity contribution in [3.8, 4) is 0 Å². The summed E-state index contributed by atoms with van der Waals surface area (Å²) >= 11 is 0. The van der Waals surface area contributed by atoms with Crippen molar-refractivity contribution in [3.05, 3.63) is 66.0 Å². The molecule has 2 aromatic carbocycles. The van der Waals surface area contributed by atoms with Gasteiger partial charge in [0, 0.05) is 31.8 Å². The molecule has 0 aliphatic carbocycles. The second-order valence-corrected chi connectivity index (χ2v) is 9.52. The van der Waals surface area contributed by atoms with Gasteiger partial charge in [0.2, 0.25) is 5.91 Å². The SMILES string of the molecule is COCC(=O)N[C@@H](CCN1[C@@H]2CC[C@H]1C[C@@H](n1c(C)nc3ccccc31)C2)c1ccccc1. The van der Waals surface area contributed by atoms with E-state index in [-0.39, 0.29) is 18.6 Å². The molecule has 1 N–H and O–H groups in total. The number of amides is 1. The maximum atomic E-state index is 12.3. The minimum Gasteiger partial charge on any atom is -0.375 e. The van der Waals surface area contributed by atoms with Crippen molar-refractivity contribution in [1.82, 2.24) is 19.8 Å². The lowest BCUT2D eigenvalue weighted by atomic mass is 9.95. The molecule has 2 fully saturated rings. The monoisotopic (exact) mass is 446 g/mol. The van der Waals surface area contributed by atoms with Gasteiger partial charge < -0.3 is 14.6 Å². The van der Waals surface area contributed by atoms with Crippen LogP contribution in [0.15, 0.2) is 54.6 Å². The van der Waals surface area contributed by atoms with Gasteiger partial charge in [-0.2, -0.15) is 0 Å². The van der Waals surface area contributed by atoms with Crippen LogP contribution in [0.25, 0.3) is 11.0 Å². The number of aryl methyl sites for hydroxylation is 1. The molecule has 0 saturated carbocycles.